The van der Waals surface area contributed by atoms with Crippen LogP contribution in [0.5, 0.6) is 0 Å². The highest BCUT2D eigenvalue weighted by Crippen LogP contribution is 2.12. The van der Waals surface area contributed by atoms with Crippen molar-refractivity contribution in [3.05, 3.63) is 48.0 Å². The van der Waals surface area contributed by atoms with Crippen LogP contribution >= 0.6 is 0 Å². The van der Waals surface area contributed by atoms with Crippen molar-refractivity contribution in [3.63, 3.8) is 0 Å². The predicted octanol–water partition coefficient (Wildman–Crippen LogP) is 1.47. The van der Waals surface area contributed by atoms with Crippen LogP contribution in [0.2, 0.25) is 0 Å². The van der Waals surface area contributed by atoms with Crippen LogP contribution in [0.3, 0.4) is 0 Å². The molecule has 72 valence electrons. The highest BCUT2D eigenvalue weighted by molar-refractivity contribution is 5.35. The lowest BCUT2D eigenvalue weighted by atomic mass is 10.2. The van der Waals surface area contributed by atoms with Gasteiger partial charge in [0.2, 0.25) is 0 Å². The quantitative estimate of drug-likeness (QED) is 0.781. The van der Waals surface area contributed by atoms with Gasteiger partial charge in [-0.3, -0.25) is 0 Å². The van der Waals surface area contributed by atoms with Crippen molar-refractivity contribution in [2.75, 3.05) is 0 Å². The number of nitrogens with zero attached hydrogens (tertiary/aromatic N) is 2. The monoisotopic (exact) mass is 191 g/mol. The van der Waals surface area contributed by atoms with E-state index >= 15 is 0 Å². The van der Waals surface area contributed by atoms with Crippen molar-refractivity contribution in [3.8, 4) is 5.69 Å². The summed E-state index contributed by atoms with van der Waals surface area (Å²) in [6, 6.07) is 6.58. The highest BCUT2D eigenvalue weighted by atomic mass is 19.1. The Hall–Kier alpha value is -1.68. The standard InChI is InChI=1S/C10H10FN3/c11-10-3-2-9(6-8(10)7-12)14-5-1-4-13-14/h1-6H,7,12H2. The van der Waals surface area contributed by atoms with E-state index in [0.29, 0.717) is 5.56 Å². The third-order valence-corrected chi connectivity index (χ3v) is 2.02. The minimum atomic E-state index is -0.275. The summed E-state index contributed by atoms with van der Waals surface area (Å²) in [5, 5.41) is 4.04. The van der Waals surface area contributed by atoms with Gasteiger partial charge in [0.05, 0.1) is 5.69 Å². The van der Waals surface area contributed by atoms with Gasteiger partial charge in [0.1, 0.15) is 5.82 Å². The molecule has 1 aromatic carbocycles. The Balaban J connectivity index is 2.46. The van der Waals surface area contributed by atoms with E-state index in [0.717, 1.165) is 5.69 Å². The molecule has 1 heterocycles. The molecule has 2 rings (SSSR count). The van der Waals surface area contributed by atoms with E-state index in [2.05, 4.69) is 5.10 Å². The van der Waals surface area contributed by atoms with E-state index in [9.17, 15) is 4.39 Å². The molecule has 2 aromatic rings. The average Bonchev–Trinajstić information content (AvgIpc) is 2.71. The fourth-order valence-corrected chi connectivity index (χ4v) is 1.28. The Morgan fingerprint density at radius 1 is 1.43 bits per heavy atom. The molecule has 0 aliphatic rings. The van der Waals surface area contributed by atoms with Crippen LogP contribution < -0.4 is 5.73 Å². The Morgan fingerprint density at radius 2 is 2.29 bits per heavy atom. The summed E-state index contributed by atoms with van der Waals surface area (Å²) < 4.78 is 14.8. The molecule has 0 spiro atoms. The van der Waals surface area contributed by atoms with Crippen molar-refractivity contribution in [2.24, 2.45) is 5.73 Å². The second kappa shape index (κ2) is 3.59. The van der Waals surface area contributed by atoms with Crippen LogP contribution in [0.4, 0.5) is 4.39 Å². The molecule has 0 saturated carbocycles. The van der Waals surface area contributed by atoms with E-state index < -0.39 is 0 Å². The maximum Gasteiger partial charge on any atom is 0.127 e. The summed E-state index contributed by atoms with van der Waals surface area (Å²) in [6.45, 7) is 0.195. The summed E-state index contributed by atoms with van der Waals surface area (Å²) in [5.41, 5.74) is 6.72. The maximum atomic E-state index is 13.1. The molecule has 0 aliphatic carbocycles. The van der Waals surface area contributed by atoms with E-state index in [1.807, 2.05) is 6.07 Å². The van der Waals surface area contributed by atoms with Crippen LogP contribution in [0.1, 0.15) is 5.56 Å². The second-order valence-electron chi connectivity index (χ2n) is 2.93. The first-order chi connectivity index (χ1) is 6.81. The lowest BCUT2D eigenvalue weighted by molar-refractivity contribution is 0.609. The van der Waals surface area contributed by atoms with Gasteiger partial charge in [-0.15, -0.1) is 0 Å². The second-order valence-corrected chi connectivity index (χ2v) is 2.93. The third-order valence-electron chi connectivity index (χ3n) is 2.02. The van der Waals surface area contributed by atoms with Gasteiger partial charge in [0.15, 0.2) is 0 Å². The largest absolute Gasteiger partial charge is 0.326 e. The molecule has 0 unspecified atom stereocenters. The van der Waals surface area contributed by atoms with Crippen LogP contribution in [-0.2, 0) is 6.54 Å². The van der Waals surface area contributed by atoms with Crippen molar-refractivity contribution < 1.29 is 4.39 Å². The zero-order valence-corrected chi connectivity index (χ0v) is 7.52. The smallest absolute Gasteiger partial charge is 0.127 e. The van der Waals surface area contributed by atoms with Gasteiger partial charge in [-0.2, -0.15) is 5.10 Å². The number of halogens is 1. The fraction of sp³-hybridized carbons (Fsp3) is 0.100. The normalized spacial score (nSPS) is 10.4. The lowest BCUT2D eigenvalue weighted by Gasteiger charge is -2.04. The van der Waals surface area contributed by atoms with Crippen LogP contribution in [0.25, 0.3) is 5.69 Å². The molecule has 1 aromatic heterocycles. The molecule has 0 fully saturated rings. The van der Waals surface area contributed by atoms with Crippen molar-refractivity contribution in [1.29, 1.82) is 0 Å². The molecule has 3 nitrogen and oxygen atoms in total. The Morgan fingerprint density at radius 3 is 2.93 bits per heavy atom. The molecule has 0 amide bonds. The average molecular weight is 191 g/mol. The zero-order chi connectivity index (χ0) is 9.97. The number of hydrogen-bond acceptors (Lipinski definition) is 2. The molecule has 0 bridgehead atoms. The first kappa shape index (κ1) is 8.90. The van der Waals surface area contributed by atoms with Crippen molar-refractivity contribution in [1.82, 2.24) is 9.78 Å². The van der Waals surface area contributed by atoms with Crippen LogP contribution in [-0.4, -0.2) is 9.78 Å². The minimum Gasteiger partial charge on any atom is -0.326 e. The van der Waals surface area contributed by atoms with Crippen molar-refractivity contribution >= 4 is 0 Å². The van der Waals surface area contributed by atoms with Crippen molar-refractivity contribution in [2.45, 2.75) is 6.54 Å². The molecule has 14 heavy (non-hydrogen) atoms. The summed E-state index contributed by atoms with van der Waals surface area (Å²) in [5.74, 6) is -0.275. The summed E-state index contributed by atoms with van der Waals surface area (Å²) >= 11 is 0. The van der Waals surface area contributed by atoms with Gasteiger partial charge in [-0.1, -0.05) is 0 Å². The molecule has 0 saturated heterocycles. The SMILES string of the molecule is NCc1cc(-n2cccn2)ccc1F. The molecule has 4 heteroatoms. The summed E-state index contributed by atoms with van der Waals surface area (Å²) in [6.07, 6.45) is 3.47. The molecule has 0 aliphatic heterocycles. The van der Waals surface area contributed by atoms with Gasteiger partial charge in [-0.05, 0) is 24.3 Å². The van der Waals surface area contributed by atoms with Gasteiger partial charge in [-0.25, -0.2) is 9.07 Å². The molecular weight excluding hydrogens is 181 g/mol. The van der Waals surface area contributed by atoms with Gasteiger partial charge >= 0.3 is 0 Å². The van der Waals surface area contributed by atoms with E-state index in [1.54, 1.807) is 29.2 Å². The number of rotatable bonds is 2. The Kier molecular flexibility index (Phi) is 2.28. The topological polar surface area (TPSA) is 43.8 Å². The lowest BCUT2D eigenvalue weighted by Crippen LogP contribution is -2.02. The minimum absolute atomic E-state index is 0.195. The maximum absolute atomic E-state index is 13.1. The molecule has 2 N–H and O–H groups in total. The fourth-order valence-electron chi connectivity index (χ4n) is 1.28. The van der Waals surface area contributed by atoms with Gasteiger partial charge in [0, 0.05) is 24.5 Å². The highest BCUT2D eigenvalue weighted by Gasteiger charge is 2.02. The number of benzene rings is 1. The number of aromatic nitrogens is 2. The molecule has 0 atom stereocenters. The number of hydrogen-bond donors (Lipinski definition) is 1. The first-order valence-electron chi connectivity index (χ1n) is 4.30. The zero-order valence-electron chi connectivity index (χ0n) is 7.52. The molecular formula is C10H10FN3. The van der Waals surface area contributed by atoms with Gasteiger partial charge < -0.3 is 5.73 Å². The summed E-state index contributed by atoms with van der Waals surface area (Å²) in [7, 11) is 0. The van der Waals surface area contributed by atoms with E-state index in [4.69, 9.17) is 5.73 Å². The Labute approximate surface area is 81.0 Å². The first-order valence-corrected chi connectivity index (χ1v) is 4.30. The van der Waals surface area contributed by atoms with E-state index in [1.165, 1.54) is 6.07 Å². The predicted molar refractivity (Wildman–Crippen MR) is 51.4 cm³/mol. The third kappa shape index (κ3) is 1.52. The summed E-state index contributed by atoms with van der Waals surface area (Å²) in [4.78, 5) is 0. The van der Waals surface area contributed by atoms with Gasteiger partial charge in [0.25, 0.3) is 0 Å². The Bertz CT molecular complexity index is 423. The molecule has 0 radical (unpaired) electrons. The van der Waals surface area contributed by atoms with Crippen LogP contribution in [0.15, 0.2) is 36.7 Å². The van der Waals surface area contributed by atoms with E-state index in [-0.39, 0.29) is 12.4 Å². The van der Waals surface area contributed by atoms with Crippen LogP contribution in [0, 0.1) is 5.82 Å². The number of nitrogens with two attached hydrogens (primary N) is 1.